The zero-order chi connectivity index (χ0) is 16.1. The van der Waals surface area contributed by atoms with E-state index in [1.54, 1.807) is 18.2 Å². The smallest absolute Gasteiger partial charge is 0.224 e. The lowest BCUT2D eigenvalue weighted by molar-refractivity contribution is 0.409. The van der Waals surface area contributed by atoms with Gasteiger partial charge in [0.05, 0.1) is 11.6 Å². The van der Waals surface area contributed by atoms with E-state index in [-0.39, 0.29) is 11.8 Å². The second kappa shape index (κ2) is 7.84. The van der Waals surface area contributed by atoms with Crippen LogP contribution in [0.2, 0.25) is 5.28 Å². The summed E-state index contributed by atoms with van der Waals surface area (Å²) in [6.45, 7) is 0.0683. The lowest BCUT2D eigenvalue weighted by Crippen LogP contribution is -2.17. The fraction of sp³-hybridized carbons (Fsp3) is 0.167. The molecule has 0 aliphatic rings. The molecule has 0 bridgehead atoms. The SMILES string of the molecule is COc1cccc(Nc2nc(Cl)ncc2Br)c1CNS(=O)[O-]. The van der Waals surface area contributed by atoms with Crippen LogP contribution in [0.1, 0.15) is 5.56 Å². The lowest BCUT2D eigenvalue weighted by Gasteiger charge is -2.17. The Morgan fingerprint density at radius 2 is 2.27 bits per heavy atom. The van der Waals surface area contributed by atoms with Crippen molar-refractivity contribution in [3.05, 3.63) is 39.7 Å². The summed E-state index contributed by atoms with van der Waals surface area (Å²) >= 11 is 6.72. The highest BCUT2D eigenvalue weighted by Crippen LogP contribution is 2.31. The van der Waals surface area contributed by atoms with Gasteiger partial charge in [0.15, 0.2) is 0 Å². The lowest BCUT2D eigenvalue weighted by atomic mass is 10.1. The number of anilines is 2. The third-order valence-corrected chi connectivity index (χ3v) is 3.83. The first-order valence-corrected chi connectivity index (χ1v) is 8.19. The summed E-state index contributed by atoms with van der Waals surface area (Å²) in [5.41, 5.74) is 1.27. The molecule has 1 aromatic heterocycles. The highest BCUT2D eigenvalue weighted by atomic mass is 79.9. The van der Waals surface area contributed by atoms with Gasteiger partial charge in [-0.05, 0) is 39.7 Å². The summed E-state index contributed by atoms with van der Waals surface area (Å²) in [6.07, 6.45) is 1.52. The number of nitrogens with zero attached hydrogens (tertiary/aromatic N) is 2. The molecular formula is C12H11BrClN4O3S-. The summed E-state index contributed by atoms with van der Waals surface area (Å²) in [6, 6.07) is 5.28. The van der Waals surface area contributed by atoms with Crippen LogP contribution >= 0.6 is 27.5 Å². The molecule has 10 heteroatoms. The van der Waals surface area contributed by atoms with E-state index in [4.69, 9.17) is 16.3 Å². The average molecular weight is 407 g/mol. The molecule has 2 N–H and O–H groups in total. The van der Waals surface area contributed by atoms with Crippen molar-refractivity contribution in [2.45, 2.75) is 6.54 Å². The van der Waals surface area contributed by atoms with Crippen LogP contribution in [0.4, 0.5) is 11.5 Å². The van der Waals surface area contributed by atoms with Crippen molar-refractivity contribution >= 4 is 50.3 Å². The van der Waals surface area contributed by atoms with Crippen molar-refractivity contribution in [2.75, 3.05) is 12.4 Å². The molecule has 118 valence electrons. The molecule has 22 heavy (non-hydrogen) atoms. The summed E-state index contributed by atoms with van der Waals surface area (Å²) in [7, 11) is 1.51. The normalized spacial score (nSPS) is 12.0. The minimum absolute atomic E-state index is 0.0683. The molecule has 0 radical (unpaired) electrons. The van der Waals surface area contributed by atoms with Crippen LogP contribution in [0.25, 0.3) is 0 Å². The van der Waals surface area contributed by atoms with E-state index in [0.717, 1.165) is 0 Å². The van der Waals surface area contributed by atoms with Gasteiger partial charge in [0.25, 0.3) is 0 Å². The molecule has 7 nitrogen and oxygen atoms in total. The predicted octanol–water partition coefficient (Wildman–Crippen LogP) is 2.53. The van der Waals surface area contributed by atoms with Crippen LogP contribution in [-0.2, 0) is 17.8 Å². The van der Waals surface area contributed by atoms with E-state index in [2.05, 4.69) is 35.9 Å². The highest BCUT2D eigenvalue weighted by molar-refractivity contribution is 9.10. The van der Waals surface area contributed by atoms with Gasteiger partial charge in [-0.3, -0.25) is 4.21 Å². The summed E-state index contributed by atoms with van der Waals surface area (Å²) in [5, 5.41) is 3.17. The van der Waals surface area contributed by atoms with Crippen molar-refractivity contribution in [3.8, 4) is 5.75 Å². The van der Waals surface area contributed by atoms with Crippen molar-refractivity contribution in [1.82, 2.24) is 14.7 Å². The quantitative estimate of drug-likeness (QED) is 0.565. The van der Waals surface area contributed by atoms with Gasteiger partial charge in [-0.1, -0.05) is 6.07 Å². The first-order valence-electron chi connectivity index (χ1n) is 5.95. The number of aromatic nitrogens is 2. The summed E-state index contributed by atoms with van der Waals surface area (Å²) < 4.78 is 29.6. The predicted molar refractivity (Wildman–Crippen MR) is 86.8 cm³/mol. The Balaban J connectivity index is 2.37. The monoisotopic (exact) mass is 405 g/mol. The largest absolute Gasteiger partial charge is 0.760 e. The van der Waals surface area contributed by atoms with E-state index < -0.39 is 11.3 Å². The first kappa shape index (κ1) is 17.1. The molecular weight excluding hydrogens is 396 g/mol. The molecule has 1 unspecified atom stereocenters. The Labute approximate surface area is 143 Å². The molecule has 0 fully saturated rings. The molecule has 1 heterocycles. The molecule has 0 saturated carbocycles. The number of methoxy groups -OCH3 is 1. The van der Waals surface area contributed by atoms with Crippen molar-refractivity contribution in [2.24, 2.45) is 0 Å². The maximum absolute atomic E-state index is 10.7. The molecule has 1 aromatic carbocycles. The van der Waals surface area contributed by atoms with E-state index >= 15 is 0 Å². The Bertz CT molecular complexity index is 704. The first-order chi connectivity index (χ1) is 10.5. The van der Waals surface area contributed by atoms with Gasteiger partial charge in [0.2, 0.25) is 5.28 Å². The van der Waals surface area contributed by atoms with Crippen LogP contribution in [0, 0.1) is 0 Å². The van der Waals surface area contributed by atoms with E-state index in [9.17, 15) is 8.76 Å². The molecule has 2 aromatic rings. The highest BCUT2D eigenvalue weighted by Gasteiger charge is 2.12. The van der Waals surface area contributed by atoms with E-state index in [0.29, 0.717) is 27.3 Å². The molecule has 0 saturated heterocycles. The van der Waals surface area contributed by atoms with Gasteiger partial charge >= 0.3 is 0 Å². The van der Waals surface area contributed by atoms with Gasteiger partial charge in [-0.15, -0.1) is 0 Å². The van der Waals surface area contributed by atoms with Crippen LogP contribution in [0.3, 0.4) is 0 Å². The van der Waals surface area contributed by atoms with Gasteiger partial charge in [-0.25, -0.2) is 9.71 Å². The second-order valence-electron chi connectivity index (χ2n) is 4.00. The van der Waals surface area contributed by atoms with E-state index in [1.165, 1.54) is 13.3 Å². The Hall–Kier alpha value is -1.26. The molecule has 0 aliphatic heterocycles. The van der Waals surface area contributed by atoms with Crippen LogP contribution < -0.4 is 14.8 Å². The van der Waals surface area contributed by atoms with Crippen LogP contribution in [-0.4, -0.2) is 25.8 Å². The number of benzene rings is 1. The average Bonchev–Trinajstić information content (AvgIpc) is 2.49. The Kier molecular flexibility index (Phi) is 6.09. The number of halogens is 2. The fourth-order valence-corrected chi connectivity index (χ4v) is 2.43. The van der Waals surface area contributed by atoms with Gasteiger partial charge in [-0.2, -0.15) is 4.98 Å². The Morgan fingerprint density at radius 3 is 2.95 bits per heavy atom. The zero-order valence-electron chi connectivity index (χ0n) is 11.3. The minimum atomic E-state index is -2.38. The maximum atomic E-state index is 10.7. The third-order valence-electron chi connectivity index (χ3n) is 2.69. The van der Waals surface area contributed by atoms with Gasteiger partial charge < -0.3 is 14.6 Å². The molecule has 0 aliphatic carbocycles. The summed E-state index contributed by atoms with van der Waals surface area (Å²) in [4.78, 5) is 7.92. The van der Waals surface area contributed by atoms with Gasteiger partial charge in [0.1, 0.15) is 11.6 Å². The Morgan fingerprint density at radius 1 is 1.50 bits per heavy atom. The molecule has 1 atom stereocenters. The number of hydrogen-bond acceptors (Lipinski definition) is 6. The van der Waals surface area contributed by atoms with Gasteiger partial charge in [0, 0.05) is 35.3 Å². The van der Waals surface area contributed by atoms with Crippen molar-refractivity contribution in [3.63, 3.8) is 0 Å². The molecule has 0 spiro atoms. The third kappa shape index (κ3) is 4.37. The fourth-order valence-electron chi connectivity index (χ4n) is 1.75. The molecule has 2 rings (SSSR count). The van der Waals surface area contributed by atoms with Crippen molar-refractivity contribution < 1.29 is 13.5 Å². The van der Waals surface area contributed by atoms with E-state index in [1.807, 2.05) is 0 Å². The maximum Gasteiger partial charge on any atom is 0.224 e. The topological polar surface area (TPSA) is 99.2 Å². The number of rotatable bonds is 6. The standard InChI is InChI=1S/C12H12BrClN4O3S/c1-21-10-4-2-3-9(7(10)5-16-22(19)20)17-11-8(13)6-15-12(14)18-11/h2-4,6,16H,5H2,1H3,(H,19,20)(H,15,17,18)/p-1. The molecule has 0 amide bonds. The van der Waals surface area contributed by atoms with Crippen LogP contribution in [0.5, 0.6) is 5.75 Å². The number of nitrogens with one attached hydrogen (secondary N) is 2. The number of ether oxygens (including phenoxy) is 1. The zero-order valence-corrected chi connectivity index (χ0v) is 14.5. The van der Waals surface area contributed by atoms with Crippen molar-refractivity contribution in [1.29, 1.82) is 0 Å². The van der Waals surface area contributed by atoms with Crippen LogP contribution in [0.15, 0.2) is 28.9 Å². The summed E-state index contributed by atoms with van der Waals surface area (Å²) in [5.74, 6) is 0.997. The minimum Gasteiger partial charge on any atom is -0.760 e. The number of hydrogen-bond donors (Lipinski definition) is 2. The second-order valence-corrected chi connectivity index (χ2v) is 5.95.